The van der Waals surface area contributed by atoms with Gasteiger partial charge in [-0.3, -0.25) is 4.79 Å². The first-order valence-corrected chi connectivity index (χ1v) is 6.84. The zero-order valence-electron chi connectivity index (χ0n) is 10.8. The number of benzene rings is 1. The summed E-state index contributed by atoms with van der Waals surface area (Å²) in [5.41, 5.74) is 5.14. The molecule has 0 bridgehead atoms. The Balaban J connectivity index is 2.06. The number of hydrogen-bond donors (Lipinski definition) is 1. The van der Waals surface area contributed by atoms with Gasteiger partial charge in [0.05, 0.1) is 5.92 Å². The molecule has 1 unspecified atom stereocenters. The molecule has 0 aromatic heterocycles. The van der Waals surface area contributed by atoms with E-state index in [0.29, 0.717) is 6.42 Å². The van der Waals surface area contributed by atoms with Crippen LogP contribution in [0.1, 0.15) is 42.4 Å². The van der Waals surface area contributed by atoms with Crippen LogP contribution in [0.5, 0.6) is 0 Å². The van der Waals surface area contributed by atoms with Crippen molar-refractivity contribution in [1.29, 1.82) is 0 Å². The molecule has 0 spiro atoms. The minimum atomic E-state index is -0.699. The van der Waals surface area contributed by atoms with Crippen LogP contribution in [-0.4, -0.2) is 24.2 Å². The molecular weight excluding hydrogens is 226 g/mol. The minimum Gasteiger partial charge on any atom is -0.481 e. The molecule has 2 heterocycles. The third-order valence-electron chi connectivity index (χ3n) is 4.24. The molecule has 1 atom stereocenters. The fourth-order valence-electron chi connectivity index (χ4n) is 3.38. The molecule has 3 nitrogen and oxygen atoms in total. The molecular formula is C15H19NO2. The van der Waals surface area contributed by atoms with Gasteiger partial charge in [-0.1, -0.05) is 19.1 Å². The van der Waals surface area contributed by atoms with E-state index in [1.165, 1.54) is 23.2 Å². The largest absolute Gasteiger partial charge is 0.481 e. The highest BCUT2D eigenvalue weighted by molar-refractivity contribution is 5.77. The van der Waals surface area contributed by atoms with Gasteiger partial charge in [0, 0.05) is 18.8 Å². The maximum atomic E-state index is 11.3. The predicted octanol–water partition coefficient (Wildman–Crippen LogP) is 2.57. The standard InChI is InChI=1S/C15H19NO2/c1-2-13(15(17)18)12-8-10-4-3-6-16-7-5-11(9-12)14(10)16/h8-9,13H,2-7H2,1H3,(H,17,18). The first-order valence-electron chi connectivity index (χ1n) is 6.84. The molecule has 2 aliphatic rings. The average Bonchev–Trinajstić information content (AvgIpc) is 2.75. The van der Waals surface area contributed by atoms with Crippen molar-refractivity contribution in [2.45, 2.75) is 38.5 Å². The van der Waals surface area contributed by atoms with E-state index in [-0.39, 0.29) is 5.92 Å². The third kappa shape index (κ3) is 1.69. The first-order chi connectivity index (χ1) is 8.70. The van der Waals surface area contributed by atoms with Crippen LogP contribution >= 0.6 is 0 Å². The molecule has 0 fully saturated rings. The first kappa shape index (κ1) is 11.6. The van der Waals surface area contributed by atoms with Crippen LogP contribution in [0.2, 0.25) is 0 Å². The number of carbonyl (C=O) groups is 1. The summed E-state index contributed by atoms with van der Waals surface area (Å²) in [6.07, 6.45) is 4.03. The van der Waals surface area contributed by atoms with Gasteiger partial charge in [0.1, 0.15) is 0 Å². The molecule has 2 aliphatic heterocycles. The van der Waals surface area contributed by atoms with Crippen LogP contribution in [-0.2, 0) is 17.6 Å². The van der Waals surface area contributed by atoms with Crippen LogP contribution in [0, 0.1) is 0 Å². The summed E-state index contributed by atoms with van der Waals surface area (Å²) in [7, 11) is 0. The summed E-state index contributed by atoms with van der Waals surface area (Å²) in [4.78, 5) is 13.8. The second kappa shape index (κ2) is 4.30. The molecule has 0 saturated carbocycles. The van der Waals surface area contributed by atoms with Gasteiger partial charge in [0.25, 0.3) is 0 Å². The molecule has 1 aromatic carbocycles. The number of rotatable bonds is 3. The number of nitrogens with zero attached hydrogens (tertiary/aromatic N) is 1. The van der Waals surface area contributed by atoms with Crippen molar-refractivity contribution < 1.29 is 9.90 Å². The van der Waals surface area contributed by atoms with Gasteiger partial charge in [-0.25, -0.2) is 0 Å². The number of aliphatic carboxylic acids is 1. The van der Waals surface area contributed by atoms with E-state index in [0.717, 1.165) is 31.5 Å². The zero-order valence-corrected chi connectivity index (χ0v) is 10.8. The highest BCUT2D eigenvalue weighted by atomic mass is 16.4. The zero-order chi connectivity index (χ0) is 12.7. The lowest BCUT2D eigenvalue weighted by Crippen LogP contribution is -2.26. The quantitative estimate of drug-likeness (QED) is 0.889. The number of anilines is 1. The molecule has 0 radical (unpaired) electrons. The Kier molecular flexibility index (Phi) is 2.77. The average molecular weight is 245 g/mol. The topological polar surface area (TPSA) is 40.5 Å². The van der Waals surface area contributed by atoms with Gasteiger partial charge in [-0.05, 0) is 42.4 Å². The van der Waals surface area contributed by atoms with Crippen molar-refractivity contribution in [2.24, 2.45) is 0 Å². The Morgan fingerprint density at radius 2 is 2.06 bits per heavy atom. The lowest BCUT2D eigenvalue weighted by Gasteiger charge is -2.28. The smallest absolute Gasteiger partial charge is 0.310 e. The number of hydrogen-bond acceptors (Lipinski definition) is 2. The molecule has 0 amide bonds. The van der Waals surface area contributed by atoms with Crippen molar-refractivity contribution >= 4 is 11.7 Å². The molecule has 18 heavy (non-hydrogen) atoms. The van der Waals surface area contributed by atoms with Crippen molar-refractivity contribution in [3.8, 4) is 0 Å². The van der Waals surface area contributed by atoms with Crippen molar-refractivity contribution in [3.05, 3.63) is 28.8 Å². The van der Waals surface area contributed by atoms with E-state index in [1.807, 2.05) is 6.92 Å². The third-order valence-corrected chi connectivity index (χ3v) is 4.24. The van der Waals surface area contributed by atoms with Gasteiger partial charge in [0.15, 0.2) is 0 Å². The summed E-state index contributed by atoms with van der Waals surface area (Å²) in [5.74, 6) is -1.04. The minimum absolute atomic E-state index is 0.345. The molecule has 1 N–H and O–H groups in total. The summed E-state index contributed by atoms with van der Waals surface area (Å²) < 4.78 is 0. The molecule has 3 rings (SSSR count). The maximum absolute atomic E-state index is 11.3. The normalized spacial score (nSPS) is 18.6. The Bertz CT molecular complexity index is 496. The van der Waals surface area contributed by atoms with E-state index >= 15 is 0 Å². The molecule has 1 aromatic rings. The van der Waals surface area contributed by atoms with Crippen LogP contribution in [0.25, 0.3) is 0 Å². The lowest BCUT2D eigenvalue weighted by molar-refractivity contribution is -0.138. The van der Waals surface area contributed by atoms with Crippen molar-refractivity contribution in [3.63, 3.8) is 0 Å². The Morgan fingerprint density at radius 1 is 1.33 bits per heavy atom. The number of carboxylic acids is 1. The van der Waals surface area contributed by atoms with E-state index in [2.05, 4.69) is 17.0 Å². The summed E-state index contributed by atoms with van der Waals surface area (Å²) in [5, 5.41) is 9.29. The Morgan fingerprint density at radius 3 is 2.72 bits per heavy atom. The molecule has 3 heteroatoms. The number of aryl methyl sites for hydroxylation is 1. The van der Waals surface area contributed by atoms with Gasteiger partial charge in [0.2, 0.25) is 0 Å². The van der Waals surface area contributed by atoms with E-state index in [9.17, 15) is 9.90 Å². The van der Waals surface area contributed by atoms with Crippen LogP contribution in [0.4, 0.5) is 5.69 Å². The van der Waals surface area contributed by atoms with Gasteiger partial charge >= 0.3 is 5.97 Å². The maximum Gasteiger partial charge on any atom is 0.310 e. The van der Waals surface area contributed by atoms with Crippen LogP contribution in [0.3, 0.4) is 0 Å². The van der Waals surface area contributed by atoms with Crippen LogP contribution in [0.15, 0.2) is 12.1 Å². The highest BCUT2D eigenvalue weighted by Crippen LogP contribution is 2.38. The fourth-order valence-corrected chi connectivity index (χ4v) is 3.38. The molecule has 0 aliphatic carbocycles. The van der Waals surface area contributed by atoms with Gasteiger partial charge in [-0.2, -0.15) is 0 Å². The monoisotopic (exact) mass is 245 g/mol. The Hall–Kier alpha value is -1.51. The van der Waals surface area contributed by atoms with E-state index < -0.39 is 5.97 Å². The fraction of sp³-hybridized carbons (Fsp3) is 0.533. The summed E-state index contributed by atoms with van der Waals surface area (Å²) in [6, 6.07) is 4.27. The van der Waals surface area contributed by atoms with Crippen molar-refractivity contribution in [2.75, 3.05) is 18.0 Å². The molecule has 96 valence electrons. The Labute approximate surface area is 107 Å². The summed E-state index contributed by atoms with van der Waals surface area (Å²) in [6.45, 7) is 4.22. The second-order valence-electron chi connectivity index (χ2n) is 5.33. The van der Waals surface area contributed by atoms with Gasteiger partial charge in [-0.15, -0.1) is 0 Å². The molecule has 0 saturated heterocycles. The predicted molar refractivity (Wildman–Crippen MR) is 71.3 cm³/mol. The van der Waals surface area contributed by atoms with Crippen LogP contribution < -0.4 is 4.90 Å². The lowest BCUT2D eigenvalue weighted by atomic mass is 9.90. The number of carboxylic acid groups (broad SMARTS) is 1. The van der Waals surface area contributed by atoms with E-state index in [1.54, 1.807) is 0 Å². The van der Waals surface area contributed by atoms with Gasteiger partial charge < -0.3 is 10.0 Å². The van der Waals surface area contributed by atoms with Crippen molar-refractivity contribution in [1.82, 2.24) is 0 Å². The second-order valence-corrected chi connectivity index (χ2v) is 5.33. The highest BCUT2D eigenvalue weighted by Gasteiger charge is 2.28. The SMILES string of the molecule is CCC(C(=O)O)c1cc2c3c(c1)CCN3CCC2. The summed E-state index contributed by atoms with van der Waals surface area (Å²) >= 11 is 0. The van der Waals surface area contributed by atoms with E-state index in [4.69, 9.17) is 0 Å².